The predicted octanol–water partition coefficient (Wildman–Crippen LogP) is 3.55. The topological polar surface area (TPSA) is 42.0 Å². The van der Waals surface area contributed by atoms with E-state index in [1.165, 1.54) is 11.3 Å². The first-order chi connectivity index (χ1) is 7.10. The second kappa shape index (κ2) is 4.45. The van der Waals surface area contributed by atoms with Gasteiger partial charge in [0, 0.05) is 10.8 Å². The summed E-state index contributed by atoms with van der Waals surface area (Å²) in [6, 6.07) is 0. The molecule has 0 unspecified atom stereocenters. The molecular weight excluding hydrogens is 288 g/mol. The SMILES string of the molecule is CC(C)(Br)C(=O)Nc1nc(C(C)(C)C)cs1. The summed E-state index contributed by atoms with van der Waals surface area (Å²) in [6.45, 7) is 9.91. The minimum Gasteiger partial charge on any atom is -0.301 e. The highest BCUT2D eigenvalue weighted by molar-refractivity contribution is 9.10. The van der Waals surface area contributed by atoms with Crippen LogP contribution < -0.4 is 5.32 Å². The van der Waals surface area contributed by atoms with Gasteiger partial charge in [0.2, 0.25) is 5.91 Å². The Kier molecular flexibility index (Phi) is 3.80. The third kappa shape index (κ3) is 3.56. The van der Waals surface area contributed by atoms with Gasteiger partial charge in [-0.2, -0.15) is 0 Å². The fourth-order valence-corrected chi connectivity index (χ4v) is 1.95. The molecule has 0 radical (unpaired) electrons. The molecule has 0 atom stereocenters. The van der Waals surface area contributed by atoms with Crippen molar-refractivity contribution in [3.05, 3.63) is 11.1 Å². The first kappa shape index (κ1) is 13.6. The number of amides is 1. The highest BCUT2D eigenvalue weighted by atomic mass is 79.9. The van der Waals surface area contributed by atoms with Gasteiger partial charge in [-0.05, 0) is 13.8 Å². The van der Waals surface area contributed by atoms with Crippen LogP contribution in [-0.4, -0.2) is 15.2 Å². The summed E-state index contributed by atoms with van der Waals surface area (Å²) in [5, 5.41) is 5.43. The molecule has 3 nitrogen and oxygen atoms in total. The van der Waals surface area contributed by atoms with Gasteiger partial charge in [0.05, 0.1) is 10.0 Å². The van der Waals surface area contributed by atoms with Crippen molar-refractivity contribution < 1.29 is 4.79 Å². The van der Waals surface area contributed by atoms with Crippen LogP contribution in [0.3, 0.4) is 0 Å². The number of hydrogen-bond acceptors (Lipinski definition) is 3. The van der Waals surface area contributed by atoms with Crippen molar-refractivity contribution in [3.8, 4) is 0 Å². The summed E-state index contributed by atoms with van der Waals surface area (Å²) in [5.74, 6) is -0.0812. The maximum absolute atomic E-state index is 11.7. The summed E-state index contributed by atoms with van der Waals surface area (Å²) in [6.07, 6.45) is 0. The van der Waals surface area contributed by atoms with Gasteiger partial charge in [-0.15, -0.1) is 11.3 Å². The first-order valence-corrected chi connectivity index (χ1v) is 6.74. The molecule has 16 heavy (non-hydrogen) atoms. The number of carbonyl (C=O) groups excluding carboxylic acids is 1. The van der Waals surface area contributed by atoms with Crippen molar-refractivity contribution in [3.63, 3.8) is 0 Å². The van der Waals surface area contributed by atoms with Crippen molar-refractivity contribution in [2.24, 2.45) is 0 Å². The van der Waals surface area contributed by atoms with Crippen molar-refractivity contribution in [2.75, 3.05) is 5.32 Å². The fraction of sp³-hybridized carbons (Fsp3) is 0.636. The van der Waals surface area contributed by atoms with Gasteiger partial charge in [-0.25, -0.2) is 4.98 Å². The molecule has 1 N–H and O–H groups in total. The lowest BCUT2D eigenvalue weighted by Gasteiger charge is -2.15. The van der Waals surface area contributed by atoms with Crippen molar-refractivity contribution in [1.29, 1.82) is 0 Å². The van der Waals surface area contributed by atoms with E-state index in [1.807, 2.05) is 5.38 Å². The van der Waals surface area contributed by atoms with Crippen LogP contribution >= 0.6 is 27.3 Å². The lowest BCUT2D eigenvalue weighted by Crippen LogP contribution is -2.31. The first-order valence-electron chi connectivity index (χ1n) is 5.07. The third-order valence-electron chi connectivity index (χ3n) is 2.03. The standard InChI is InChI=1S/C11H17BrN2OS/c1-10(2,3)7-6-16-9(13-7)14-8(15)11(4,5)12/h6H,1-5H3,(H,13,14,15). The number of anilines is 1. The molecule has 0 aromatic carbocycles. The van der Waals surface area contributed by atoms with Gasteiger partial charge in [0.15, 0.2) is 5.13 Å². The van der Waals surface area contributed by atoms with Gasteiger partial charge < -0.3 is 5.32 Å². The number of alkyl halides is 1. The van der Waals surface area contributed by atoms with E-state index >= 15 is 0 Å². The van der Waals surface area contributed by atoms with Crippen LogP contribution in [0.4, 0.5) is 5.13 Å². The Bertz CT molecular complexity index is 387. The van der Waals surface area contributed by atoms with Crippen LogP contribution in [-0.2, 0) is 10.2 Å². The van der Waals surface area contributed by atoms with E-state index in [4.69, 9.17) is 0 Å². The average molecular weight is 305 g/mol. The molecule has 0 bridgehead atoms. The summed E-state index contributed by atoms with van der Waals surface area (Å²) in [4.78, 5) is 16.1. The monoisotopic (exact) mass is 304 g/mol. The number of hydrogen-bond donors (Lipinski definition) is 1. The summed E-state index contributed by atoms with van der Waals surface area (Å²) in [7, 11) is 0. The van der Waals surface area contributed by atoms with Crippen LogP contribution in [0.2, 0.25) is 0 Å². The molecule has 1 heterocycles. The zero-order valence-electron chi connectivity index (χ0n) is 10.2. The van der Waals surface area contributed by atoms with Crippen molar-refractivity contribution in [2.45, 2.75) is 44.4 Å². The molecule has 1 rings (SSSR count). The molecule has 90 valence electrons. The minimum atomic E-state index is -0.569. The number of carbonyl (C=O) groups is 1. The molecule has 1 amide bonds. The Morgan fingerprint density at radius 2 is 1.94 bits per heavy atom. The Labute approximate surface area is 109 Å². The predicted molar refractivity (Wildman–Crippen MR) is 72.4 cm³/mol. The maximum Gasteiger partial charge on any atom is 0.242 e. The van der Waals surface area contributed by atoms with Gasteiger partial charge in [-0.3, -0.25) is 4.79 Å². The van der Waals surface area contributed by atoms with E-state index in [0.29, 0.717) is 5.13 Å². The Balaban J connectivity index is 2.78. The van der Waals surface area contributed by atoms with E-state index < -0.39 is 4.32 Å². The van der Waals surface area contributed by atoms with E-state index in [1.54, 1.807) is 13.8 Å². The van der Waals surface area contributed by atoms with E-state index in [9.17, 15) is 4.79 Å². The molecule has 0 aliphatic heterocycles. The zero-order valence-corrected chi connectivity index (χ0v) is 12.6. The van der Waals surface area contributed by atoms with E-state index in [2.05, 4.69) is 47.0 Å². The van der Waals surface area contributed by atoms with Gasteiger partial charge in [-0.1, -0.05) is 36.7 Å². The number of rotatable bonds is 2. The van der Waals surface area contributed by atoms with Gasteiger partial charge >= 0.3 is 0 Å². The number of halogens is 1. The van der Waals surface area contributed by atoms with Crippen molar-refractivity contribution >= 4 is 38.3 Å². The Morgan fingerprint density at radius 3 is 2.31 bits per heavy atom. The molecule has 0 aliphatic carbocycles. The molecule has 0 saturated heterocycles. The number of nitrogens with zero attached hydrogens (tertiary/aromatic N) is 1. The lowest BCUT2D eigenvalue weighted by atomic mass is 9.93. The summed E-state index contributed by atoms with van der Waals surface area (Å²) >= 11 is 4.77. The van der Waals surface area contributed by atoms with Crippen LogP contribution in [0.25, 0.3) is 0 Å². The Hall–Kier alpha value is -0.420. The van der Waals surface area contributed by atoms with Gasteiger partial charge in [0.1, 0.15) is 0 Å². The second-order valence-electron chi connectivity index (χ2n) is 5.21. The second-order valence-corrected chi connectivity index (χ2v) is 8.06. The Morgan fingerprint density at radius 1 is 1.38 bits per heavy atom. The summed E-state index contributed by atoms with van der Waals surface area (Å²) < 4.78 is -0.569. The molecule has 1 aromatic rings. The van der Waals surface area contributed by atoms with Gasteiger partial charge in [0.25, 0.3) is 0 Å². The molecule has 0 saturated carbocycles. The zero-order chi connectivity index (χ0) is 12.6. The van der Waals surface area contributed by atoms with E-state index in [0.717, 1.165) is 5.69 Å². The van der Waals surface area contributed by atoms with Crippen molar-refractivity contribution in [1.82, 2.24) is 4.98 Å². The molecule has 0 aliphatic rings. The average Bonchev–Trinajstić information content (AvgIpc) is 2.49. The van der Waals surface area contributed by atoms with Crippen LogP contribution in [0.5, 0.6) is 0 Å². The molecule has 5 heteroatoms. The third-order valence-corrected chi connectivity index (χ3v) is 3.15. The fourth-order valence-electron chi connectivity index (χ4n) is 0.921. The number of aromatic nitrogens is 1. The molecular formula is C11H17BrN2OS. The van der Waals surface area contributed by atoms with Crippen LogP contribution in [0.1, 0.15) is 40.3 Å². The quantitative estimate of drug-likeness (QED) is 0.849. The highest BCUT2D eigenvalue weighted by Crippen LogP contribution is 2.27. The largest absolute Gasteiger partial charge is 0.301 e. The molecule has 1 aromatic heterocycles. The lowest BCUT2D eigenvalue weighted by molar-refractivity contribution is -0.117. The molecule has 0 spiro atoms. The highest BCUT2D eigenvalue weighted by Gasteiger charge is 2.25. The van der Waals surface area contributed by atoms with Crippen LogP contribution in [0.15, 0.2) is 5.38 Å². The van der Waals surface area contributed by atoms with Crippen LogP contribution in [0, 0.1) is 0 Å². The molecule has 0 fully saturated rings. The number of thiazole rings is 1. The number of nitrogens with one attached hydrogen (secondary N) is 1. The smallest absolute Gasteiger partial charge is 0.242 e. The van der Waals surface area contributed by atoms with E-state index in [-0.39, 0.29) is 11.3 Å². The maximum atomic E-state index is 11.7. The summed E-state index contributed by atoms with van der Waals surface area (Å²) in [5.41, 5.74) is 1.02. The normalized spacial score (nSPS) is 12.6. The minimum absolute atomic E-state index is 0.0173.